The summed E-state index contributed by atoms with van der Waals surface area (Å²) < 4.78 is 0. The van der Waals surface area contributed by atoms with Gasteiger partial charge in [0.15, 0.2) is 0 Å². The Balaban J connectivity index is 1.97. The minimum Gasteiger partial charge on any atom is -0.335 e. The summed E-state index contributed by atoms with van der Waals surface area (Å²) in [6.07, 6.45) is 3.57. The number of hydrogen-bond acceptors (Lipinski definition) is 3. The highest BCUT2D eigenvalue weighted by molar-refractivity contribution is 5.92. The molecule has 5 nitrogen and oxygen atoms in total. The summed E-state index contributed by atoms with van der Waals surface area (Å²) in [7, 11) is 0. The Hall–Kier alpha value is -1.83. The van der Waals surface area contributed by atoms with Gasteiger partial charge < -0.3 is 5.32 Å². The molecule has 72 valence electrons. The Kier molecular flexibility index (Phi) is 2.19. The van der Waals surface area contributed by atoms with E-state index in [0.29, 0.717) is 11.6 Å². The lowest BCUT2D eigenvalue weighted by Gasteiger charge is -2.08. The lowest BCUT2D eigenvalue weighted by atomic mass is 10.2. The molecule has 14 heavy (non-hydrogen) atoms. The molecule has 0 aliphatic heterocycles. The maximum absolute atomic E-state index is 11.5. The van der Waals surface area contributed by atoms with Crippen molar-refractivity contribution in [3.05, 3.63) is 18.0 Å². The molecule has 2 rings (SSSR count). The van der Waals surface area contributed by atoms with Gasteiger partial charge in [0.1, 0.15) is 11.7 Å². The number of aromatic nitrogens is 2. The van der Waals surface area contributed by atoms with Crippen LogP contribution in [-0.2, 0) is 0 Å². The molecule has 1 aliphatic rings. The van der Waals surface area contributed by atoms with Gasteiger partial charge >= 0.3 is 0 Å². The van der Waals surface area contributed by atoms with E-state index in [-0.39, 0.29) is 11.9 Å². The third-order valence-electron chi connectivity index (χ3n) is 2.26. The van der Waals surface area contributed by atoms with Crippen molar-refractivity contribution in [3.8, 4) is 6.07 Å². The van der Waals surface area contributed by atoms with Gasteiger partial charge in [0.05, 0.1) is 6.07 Å². The quantitative estimate of drug-likeness (QED) is 0.725. The van der Waals surface area contributed by atoms with Crippen molar-refractivity contribution in [2.75, 3.05) is 0 Å². The van der Waals surface area contributed by atoms with Crippen molar-refractivity contribution in [2.24, 2.45) is 5.92 Å². The van der Waals surface area contributed by atoms with E-state index >= 15 is 0 Å². The molecule has 1 saturated carbocycles. The number of nitriles is 1. The molecular weight excluding hydrogens is 180 g/mol. The Morgan fingerprint density at radius 1 is 1.79 bits per heavy atom. The lowest BCUT2D eigenvalue weighted by Crippen LogP contribution is -2.35. The number of amides is 1. The van der Waals surface area contributed by atoms with Gasteiger partial charge in [-0.3, -0.25) is 9.89 Å². The average molecular weight is 190 g/mol. The van der Waals surface area contributed by atoms with Gasteiger partial charge in [-0.15, -0.1) is 0 Å². The zero-order valence-corrected chi connectivity index (χ0v) is 7.53. The summed E-state index contributed by atoms with van der Waals surface area (Å²) in [5.41, 5.74) is 0.394. The second-order valence-electron chi connectivity index (χ2n) is 3.39. The van der Waals surface area contributed by atoms with Crippen molar-refractivity contribution < 1.29 is 4.79 Å². The molecule has 1 aromatic rings. The average Bonchev–Trinajstić information content (AvgIpc) is 2.88. The Labute approximate surface area is 81.1 Å². The minimum absolute atomic E-state index is 0.263. The highest BCUT2D eigenvalue weighted by Crippen LogP contribution is 2.32. The fraction of sp³-hybridized carbons (Fsp3) is 0.444. The Morgan fingerprint density at radius 2 is 2.57 bits per heavy atom. The number of rotatable bonds is 3. The van der Waals surface area contributed by atoms with Crippen LogP contribution < -0.4 is 5.32 Å². The van der Waals surface area contributed by atoms with E-state index in [4.69, 9.17) is 5.26 Å². The van der Waals surface area contributed by atoms with Gasteiger partial charge in [0, 0.05) is 6.20 Å². The molecule has 1 heterocycles. The summed E-state index contributed by atoms with van der Waals surface area (Å²) >= 11 is 0. The van der Waals surface area contributed by atoms with E-state index < -0.39 is 0 Å². The van der Waals surface area contributed by atoms with Crippen LogP contribution in [-0.4, -0.2) is 22.1 Å². The number of hydrogen-bond donors (Lipinski definition) is 2. The molecule has 0 aromatic carbocycles. The fourth-order valence-electron chi connectivity index (χ4n) is 1.29. The highest BCUT2D eigenvalue weighted by Gasteiger charge is 2.32. The summed E-state index contributed by atoms with van der Waals surface area (Å²) in [6.45, 7) is 0. The van der Waals surface area contributed by atoms with Gasteiger partial charge in [-0.25, -0.2) is 0 Å². The summed E-state index contributed by atoms with van der Waals surface area (Å²) in [5, 5.41) is 17.7. The fourth-order valence-corrected chi connectivity index (χ4v) is 1.29. The molecule has 1 fully saturated rings. The number of nitrogens with one attached hydrogen (secondary N) is 2. The van der Waals surface area contributed by atoms with Crippen LogP contribution in [0.4, 0.5) is 0 Å². The van der Waals surface area contributed by atoms with E-state index in [1.807, 2.05) is 0 Å². The van der Waals surface area contributed by atoms with Gasteiger partial charge in [-0.2, -0.15) is 10.4 Å². The number of aromatic amines is 1. The van der Waals surface area contributed by atoms with E-state index in [2.05, 4.69) is 21.6 Å². The number of H-pyrrole nitrogens is 1. The second kappa shape index (κ2) is 3.50. The molecule has 1 atom stereocenters. The van der Waals surface area contributed by atoms with Crippen LogP contribution in [0.1, 0.15) is 23.3 Å². The summed E-state index contributed by atoms with van der Waals surface area (Å²) in [4.78, 5) is 11.5. The zero-order chi connectivity index (χ0) is 9.97. The van der Waals surface area contributed by atoms with Gasteiger partial charge in [0.25, 0.3) is 5.91 Å². The van der Waals surface area contributed by atoms with Crippen molar-refractivity contribution in [2.45, 2.75) is 18.9 Å². The molecule has 1 amide bonds. The first-order valence-corrected chi connectivity index (χ1v) is 4.51. The standard InChI is InChI=1S/C9H10N4O/c10-5-8(6-1-2-6)12-9(14)7-3-4-11-13-7/h3-4,6,8H,1-2H2,(H,11,13)(H,12,14). The van der Waals surface area contributed by atoms with Crippen molar-refractivity contribution in [1.82, 2.24) is 15.5 Å². The molecule has 0 bridgehead atoms. The van der Waals surface area contributed by atoms with E-state index in [1.165, 1.54) is 6.20 Å². The van der Waals surface area contributed by atoms with Crippen molar-refractivity contribution >= 4 is 5.91 Å². The molecule has 0 radical (unpaired) electrons. The molecule has 2 N–H and O–H groups in total. The predicted molar refractivity (Wildman–Crippen MR) is 48.2 cm³/mol. The molecule has 0 saturated heterocycles. The second-order valence-corrected chi connectivity index (χ2v) is 3.39. The molecule has 1 unspecified atom stereocenters. The van der Waals surface area contributed by atoms with E-state index in [0.717, 1.165) is 12.8 Å². The zero-order valence-electron chi connectivity index (χ0n) is 7.53. The smallest absolute Gasteiger partial charge is 0.270 e. The Morgan fingerprint density at radius 3 is 3.07 bits per heavy atom. The van der Waals surface area contributed by atoms with Crippen LogP contribution in [0.2, 0.25) is 0 Å². The molecule has 1 aromatic heterocycles. The summed E-state index contributed by atoms with van der Waals surface area (Å²) in [5.74, 6) is 0.0767. The first-order valence-electron chi connectivity index (χ1n) is 4.51. The molecule has 5 heteroatoms. The van der Waals surface area contributed by atoms with Crippen LogP contribution in [0.3, 0.4) is 0 Å². The van der Waals surface area contributed by atoms with Gasteiger partial charge in [-0.1, -0.05) is 0 Å². The van der Waals surface area contributed by atoms with Crippen LogP contribution in [0.5, 0.6) is 0 Å². The number of carbonyl (C=O) groups excluding carboxylic acids is 1. The van der Waals surface area contributed by atoms with Crippen molar-refractivity contribution in [3.63, 3.8) is 0 Å². The third kappa shape index (κ3) is 1.74. The SMILES string of the molecule is N#CC(NC(=O)c1ccn[nH]1)C1CC1. The first-order chi connectivity index (χ1) is 6.81. The summed E-state index contributed by atoms with van der Waals surface area (Å²) in [6, 6.07) is 3.31. The van der Waals surface area contributed by atoms with Crippen LogP contribution in [0.25, 0.3) is 0 Å². The number of carbonyl (C=O) groups is 1. The molecule has 0 spiro atoms. The largest absolute Gasteiger partial charge is 0.335 e. The van der Waals surface area contributed by atoms with Crippen molar-refractivity contribution in [1.29, 1.82) is 5.26 Å². The first kappa shape index (κ1) is 8.75. The highest BCUT2D eigenvalue weighted by atomic mass is 16.2. The monoisotopic (exact) mass is 190 g/mol. The van der Waals surface area contributed by atoms with Gasteiger partial charge in [0.2, 0.25) is 0 Å². The third-order valence-corrected chi connectivity index (χ3v) is 2.26. The van der Waals surface area contributed by atoms with E-state index in [1.54, 1.807) is 6.07 Å². The van der Waals surface area contributed by atoms with Gasteiger partial charge in [-0.05, 0) is 24.8 Å². The van der Waals surface area contributed by atoms with E-state index in [9.17, 15) is 4.79 Å². The van der Waals surface area contributed by atoms with Crippen LogP contribution in [0, 0.1) is 17.2 Å². The predicted octanol–water partition coefficient (Wildman–Crippen LogP) is 0.442. The lowest BCUT2D eigenvalue weighted by molar-refractivity contribution is 0.0937. The van der Waals surface area contributed by atoms with Crippen LogP contribution in [0.15, 0.2) is 12.3 Å². The Bertz CT molecular complexity index is 361. The maximum atomic E-state index is 11.5. The normalized spacial score (nSPS) is 17.1. The maximum Gasteiger partial charge on any atom is 0.270 e. The van der Waals surface area contributed by atoms with Crippen LogP contribution >= 0.6 is 0 Å². The molecular formula is C9H10N4O. The topological polar surface area (TPSA) is 81.6 Å². The minimum atomic E-state index is -0.356. The number of nitrogens with zero attached hydrogens (tertiary/aromatic N) is 2. The molecule has 1 aliphatic carbocycles.